The molecular weight excluding hydrogens is 168 g/mol. The quantitative estimate of drug-likeness (QED) is 0.299. The molecule has 0 saturated heterocycles. The monoisotopic (exact) mass is 179 g/mol. The minimum atomic E-state index is -1.89. The van der Waals surface area contributed by atoms with Gasteiger partial charge in [0, 0.05) is 0 Å². The molecule has 12 heavy (non-hydrogen) atoms. The van der Waals surface area contributed by atoms with Crippen molar-refractivity contribution in [1.29, 1.82) is 0 Å². The van der Waals surface area contributed by atoms with Crippen LogP contribution in [0.15, 0.2) is 0 Å². The fourth-order valence-electron chi connectivity index (χ4n) is 0.592. The molecule has 0 saturated carbocycles. The number of aliphatic hydroxyl groups excluding tert-OH is 5. The molecule has 0 unspecified atom stereocenters. The molecule has 0 fully saturated rings. The fraction of sp³-hybridized carbons (Fsp3) is 0.833. The van der Waals surface area contributed by atoms with Crippen LogP contribution in [0, 0.1) is 0 Å². The number of hydrogen-bond donors (Lipinski definition) is 5. The van der Waals surface area contributed by atoms with Gasteiger partial charge >= 0.3 is 0 Å². The fourth-order valence-corrected chi connectivity index (χ4v) is 0.592. The molecule has 0 rings (SSSR count). The Labute approximate surface area is 68.7 Å². The van der Waals surface area contributed by atoms with Crippen molar-refractivity contribution in [2.75, 3.05) is 6.61 Å². The van der Waals surface area contributed by atoms with Gasteiger partial charge in [0.25, 0.3) is 0 Å². The van der Waals surface area contributed by atoms with Crippen LogP contribution >= 0.6 is 0 Å². The maximum absolute atomic E-state index is 9.77. The van der Waals surface area contributed by atoms with Crippen LogP contribution in [0.25, 0.3) is 0 Å². The standard InChI is InChI=1S/C6H11O6/c7-1-3(9)5(11)6(12)4(10)2-8/h3-7,9-12H,1H2/t3-,4+,5-,6-/m1/s1. The van der Waals surface area contributed by atoms with Gasteiger partial charge in [-0.15, -0.1) is 0 Å². The summed E-state index contributed by atoms with van der Waals surface area (Å²) in [6, 6.07) is 0. The van der Waals surface area contributed by atoms with Crippen molar-refractivity contribution in [2.24, 2.45) is 0 Å². The van der Waals surface area contributed by atoms with Crippen LogP contribution in [-0.2, 0) is 4.79 Å². The van der Waals surface area contributed by atoms with Crippen molar-refractivity contribution < 1.29 is 30.3 Å². The summed E-state index contributed by atoms with van der Waals surface area (Å²) >= 11 is 0. The second-order valence-corrected chi connectivity index (χ2v) is 2.29. The lowest BCUT2D eigenvalue weighted by Crippen LogP contribution is -2.46. The average molecular weight is 179 g/mol. The minimum absolute atomic E-state index is 0.774. The molecule has 0 aromatic carbocycles. The Morgan fingerprint density at radius 2 is 1.58 bits per heavy atom. The van der Waals surface area contributed by atoms with Crippen molar-refractivity contribution in [3.05, 3.63) is 0 Å². The predicted octanol–water partition coefficient (Wildman–Crippen LogP) is -3.47. The van der Waals surface area contributed by atoms with Gasteiger partial charge in [0.2, 0.25) is 6.29 Å². The molecule has 0 aliphatic carbocycles. The van der Waals surface area contributed by atoms with Crippen molar-refractivity contribution in [1.82, 2.24) is 0 Å². The smallest absolute Gasteiger partial charge is 0.232 e. The van der Waals surface area contributed by atoms with Gasteiger partial charge < -0.3 is 25.5 Å². The Bertz CT molecular complexity index is 138. The summed E-state index contributed by atoms with van der Waals surface area (Å²) in [5.41, 5.74) is 0. The Morgan fingerprint density at radius 3 is 1.92 bits per heavy atom. The van der Waals surface area contributed by atoms with E-state index >= 15 is 0 Å². The molecule has 0 spiro atoms. The lowest BCUT2D eigenvalue weighted by molar-refractivity contribution is -0.101. The van der Waals surface area contributed by atoms with E-state index in [0.717, 1.165) is 6.29 Å². The molecule has 71 valence electrons. The molecule has 0 bridgehead atoms. The van der Waals surface area contributed by atoms with Gasteiger partial charge in [0.15, 0.2) is 0 Å². The molecule has 0 heterocycles. The lowest BCUT2D eigenvalue weighted by Gasteiger charge is -2.22. The first-order valence-corrected chi connectivity index (χ1v) is 3.25. The van der Waals surface area contributed by atoms with Crippen LogP contribution in [-0.4, -0.2) is 62.8 Å². The number of carbonyl (C=O) groups excluding carboxylic acids is 1. The zero-order valence-electron chi connectivity index (χ0n) is 6.16. The van der Waals surface area contributed by atoms with Crippen molar-refractivity contribution >= 4 is 6.29 Å². The second kappa shape index (κ2) is 5.18. The van der Waals surface area contributed by atoms with Crippen molar-refractivity contribution in [3.63, 3.8) is 0 Å². The van der Waals surface area contributed by atoms with Gasteiger partial charge in [0.1, 0.15) is 24.4 Å². The molecule has 0 aromatic heterocycles. The maximum Gasteiger partial charge on any atom is 0.232 e. The van der Waals surface area contributed by atoms with E-state index in [1.54, 1.807) is 0 Å². The van der Waals surface area contributed by atoms with E-state index in [-0.39, 0.29) is 0 Å². The van der Waals surface area contributed by atoms with Crippen LogP contribution in [0.4, 0.5) is 0 Å². The van der Waals surface area contributed by atoms with Crippen LogP contribution in [0.3, 0.4) is 0 Å². The summed E-state index contributed by atoms with van der Waals surface area (Å²) in [6.07, 6.45) is -6.07. The lowest BCUT2D eigenvalue weighted by atomic mass is 10.0. The van der Waals surface area contributed by atoms with Crippen LogP contribution < -0.4 is 0 Å². The minimum Gasteiger partial charge on any atom is -0.394 e. The third kappa shape index (κ3) is 2.84. The van der Waals surface area contributed by atoms with Gasteiger partial charge in [0.05, 0.1) is 6.61 Å². The maximum atomic E-state index is 9.77. The first-order valence-electron chi connectivity index (χ1n) is 3.25. The molecule has 6 heteroatoms. The molecule has 6 nitrogen and oxygen atoms in total. The summed E-state index contributed by atoms with van der Waals surface area (Å²) in [5, 5.41) is 43.4. The zero-order chi connectivity index (χ0) is 9.72. The largest absolute Gasteiger partial charge is 0.394 e. The van der Waals surface area contributed by atoms with Crippen molar-refractivity contribution in [3.8, 4) is 0 Å². The summed E-state index contributed by atoms with van der Waals surface area (Å²) in [7, 11) is 0. The normalized spacial score (nSPS) is 21.1. The SMILES string of the molecule is O=[C][C@H](O)[C@@H](O)[C@H](O)[C@H](O)CO. The molecule has 4 atom stereocenters. The highest BCUT2D eigenvalue weighted by Crippen LogP contribution is 2.02. The van der Waals surface area contributed by atoms with Gasteiger partial charge in [-0.05, 0) is 0 Å². The Hall–Kier alpha value is -0.530. The molecular formula is C6H11O6. The van der Waals surface area contributed by atoms with E-state index < -0.39 is 31.0 Å². The summed E-state index contributed by atoms with van der Waals surface area (Å²) in [4.78, 5) is 9.77. The molecule has 0 aliphatic heterocycles. The van der Waals surface area contributed by atoms with E-state index in [9.17, 15) is 4.79 Å². The van der Waals surface area contributed by atoms with Crippen LogP contribution in [0.2, 0.25) is 0 Å². The van der Waals surface area contributed by atoms with E-state index in [4.69, 9.17) is 25.5 Å². The van der Waals surface area contributed by atoms with Gasteiger partial charge in [-0.25, -0.2) is 0 Å². The highest BCUT2D eigenvalue weighted by Gasteiger charge is 2.29. The van der Waals surface area contributed by atoms with E-state index in [1.165, 1.54) is 0 Å². The summed E-state index contributed by atoms with van der Waals surface area (Å²) in [5.74, 6) is 0. The first-order chi connectivity index (χ1) is 5.54. The van der Waals surface area contributed by atoms with Gasteiger partial charge in [-0.1, -0.05) is 0 Å². The van der Waals surface area contributed by atoms with Gasteiger partial charge in [-0.2, -0.15) is 0 Å². The summed E-state index contributed by atoms with van der Waals surface area (Å²) in [6.45, 7) is -0.774. The third-order valence-corrected chi connectivity index (χ3v) is 1.38. The van der Waals surface area contributed by atoms with Gasteiger partial charge in [-0.3, -0.25) is 4.79 Å². The highest BCUT2D eigenvalue weighted by molar-refractivity contribution is 5.57. The predicted molar refractivity (Wildman–Crippen MR) is 36.8 cm³/mol. The summed E-state index contributed by atoms with van der Waals surface area (Å²) < 4.78 is 0. The molecule has 5 N–H and O–H groups in total. The third-order valence-electron chi connectivity index (χ3n) is 1.38. The highest BCUT2D eigenvalue weighted by atomic mass is 16.4. The molecule has 1 radical (unpaired) electrons. The number of rotatable bonds is 5. The van der Waals surface area contributed by atoms with E-state index in [2.05, 4.69) is 0 Å². The van der Waals surface area contributed by atoms with Crippen LogP contribution in [0.1, 0.15) is 0 Å². The average Bonchev–Trinajstić information content (AvgIpc) is 2.12. The second-order valence-electron chi connectivity index (χ2n) is 2.29. The zero-order valence-corrected chi connectivity index (χ0v) is 6.16. The topological polar surface area (TPSA) is 118 Å². The molecule has 0 aromatic rings. The Morgan fingerprint density at radius 1 is 1.08 bits per heavy atom. The van der Waals surface area contributed by atoms with E-state index in [0.29, 0.717) is 0 Å². The molecule has 0 amide bonds. The Balaban J connectivity index is 4.07. The van der Waals surface area contributed by atoms with E-state index in [1.807, 2.05) is 0 Å². The number of aliphatic hydroxyl groups is 5. The Kier molecular flexibility index (Phi) is 4.95. The van der Waals surface area contributed by atoms with Crippen molar-refractivity contribution in [2.45, 2.75) is 24.4 Å². The first kappa shape index (κ1) is 11.5. The molecule has 0 aliphatic rings. The number of hydrogen-bond acceptors (Lipinski definition) is 6. The van der Waals surface area contributed by atoms with Crippen LogP contribution in [0.5, 0.6) is 0 Å².